The normalized spacial score (nSPS) is 15.4. The Morgan fingerprint density at radius 2 is 2.29 bits per heavy atom. The van der Waals surface area contributed by atoms with Crippen LogP contribution in [0.1, 0.15) is 31.2 Å². The molecular weight excluding hydrogens is 218 g/mol. The molecule has 0 fully saturated rings. The molecule has 1 aromatic rings. The van der Waals surface area contributed by atoms with Crippen LogP contribution < -0.4 is 5.32 Å². The summed E-state index contributed by atoms with van der Waals surface area (Å²) in [6.07, 6.45) is 0.526. The third kappa shape index (κ3) is 3.58. The van der Waals surface area contributed by atoms with Gasteiger partial charge in [-0.3, -0.25) is 0 Å². The molecule has 4 heteroatoms. The highest BCUT2D eigenvalue weighted by Crippen LogP contribution is 2.26. The van der Waals surface area contributed by atoms with Gasteiger partial charge in [0.15, 0.2) is 0 Å². The Balaban J connectivity index is 2.39. The summed E-state index contributed by atoms with van der Waals surface area (Å²) in [6, 6.07) is 4.17. The summed E-state index contributed by atoms with van der Waals surface area (Å²) < 4.78 is 0.810. The first-order chi connectivity index (χ1) is 6.63. The minimum absolute atomic E-state index is 0.257. The van der Waals surface area contributed by atoms with Crippen molar-refractivity contribution in [1.82, 2.24) is 5.32 Å². The van der Waals surface area contributed by atoms with Gasteiger partial charge in [-0.1, -0.05) is 18.5 Å². The number of hydrogen-bond acceptors (Lipinski definition) is 3. The second kappa shape index (κ2) is 5.71. The Morgan fingerprint density at radius 3 is 2.79 bits per heavy atom. The quantitative estimate of drug-likeness (QED) is 0.820. The van der Waals surface area contributed by atoms with Crippen LogP contribution in [0.3, 0.4) is 0 Å². The topological polar surface area (TPSA) is 32.3 Å². The van der Waals surface area contributed by atoms with Gasteiger partial charge < -0.3 is 10.4 Å². The number of halogens is 1. The van der Waals surface area contributed by atoms with Gasteiger partial charge in [0.05, 0.1) is 10.4 Å². The molecule has 2 nitrogen and oxygen atoms in total. The molecule has 1 heterocycles. The van der Waals surface area contributed by atoms with Crippen LogP contribution >= 0.6 is 22.9 Å². The van der Waals surface area contributed by atoms with Crippen molar-refractivity contribution < 1.29 is 5.11 Å². The predicted molar refractivity (Wildman–Crippen MR) is 62.0 cm³/mol. The number of aliphatic hydroxyl groups is 1. The highest BCUT2D eigenvalue weighted by Gasteiger charge is 2.09. The summed E-state index contributed by atoms with van der Waals surface area (Å²) in [4.78, 5) is 1.21. The molecular formula is C10H16ClNOS. The molecule has 0 aromatic carbocycles. The molecule has 0 aliphatic rings. The van der Waals surface area contributed by atoms with E-state index in [0.717, 1.165) is 10.8 Å². The van der Waals surface area contributed by atoms with Gasteiger partial charge in [0.1, 0.15) is 0 Å². The van der Waals surface area contributed by atoms with Gasteiger partial charge in [0.2, 0.25) is 0 Å². The van der Waals surface area contributed by atoms with Crippen LogP contribution in [0.4, 0.5) is 0 Å². The highest BCUT2D eigenvalue weighted by molar-refractivity contribution is 7.16. The van der Waals surface area contributed by atoms with Crippen LogP contribution in [-0.4, -0.2) is 17.8 Å². The molecule has 0 aliphatic carbocycles. The minimum atomic E-state index is -0.257. The first kappa shape index (κ1) is 12.0. The van der Waals surface area contributed by atoms with E-state index in [9.17, 15) is 5.11 Å². The van der Waals surface area contributed by atoms with E-state index in [1.807, 2.05) is 19.1 Å². The van der Waals surface area contributed by atoms with Gasteiger partial charge in [-0.2, -0.15) is 0 Å². The largest absolute Gasteiger partial charge is 0.392 e. The molecule has 0 unspecified atom stereocenters. The Morgan fingerprint density at radius 1 is 1.57 bits per heavy atom. The lowest BCUT2D eigenvalue weighted by Gasteiger charge is -2.14. The minimum Gasteiger partial charge on any atom is -0.392 e. The van der Waals surface area contributed by atoms with Crippen molar-refractivity contribution in [1.29, 1.82) is 0 Å². The Hall–Kier alpha value is -0.0900. The predicted octanol–water partition coefficient (Wildman–Crippen LogP) is 2.82. The molecule has 0 aliphatic heterocycles. The summed E-state index contributed by atoms with van der Waals surface area (Å²) in [5.74, 6) is 0. The fourth-order valence-corrected chi connectivity index (χ4v) is 2.21. The molecule has 0 amide bonds. The standard InChI is InChI=1S/C10H16ClNOS/c1-3-8(13)6-12-7(2)9-4-5-10(11)14-9/h4-5,7-8,12-13H,3,6H2,1-2H3/t7-,8+/m0/s1. The highest BCUT2D eigenvalue weighted by atomic mass is 35.5. The SMILES string of the molecule is CC[C@@H](O)CN[C@@H](C)c1ccc(Cl)s1. The van der Waals surface area contributed by atoms with Crippen LogP contribution in [0.25, 0.3) is 0 Å². The molecule has 2 atom stereocenters. The number of nitrogens with one attached hydrogen (secondary N) is 1. The zero-order valence-electron chi connectivity index (χ0n) is 8.46. The summed E-state index contributed by atoms with van der Waals surface area (Å²) in [6.45, 7) is 4.68. The average molecular weight is 234 g/mol. The molecule has 0 saturated heterocycles. The van der Waals surface area contributed by atoms with Crippen LogP contribution in [0.15, 0.2) is 12.1 Å². The summed E-state index contributed by atoms with van der Waals surface area (Å²) in [7, 11) is 0. The van der Waals surface area contributed by atoms with Crippen molar-refractivity contribution in [2.24, 2.45) is 0 Å². The number of rotatable bonds is 5. The summed E-state index contributed by atoms with van der Waals surface area (Å²) >= 11 is 7.41. The number of hydrogen-bond donors (Lipinski definition) is 2. The van der Waals surface area contributed by atoms with E-state index in [1.165, 1.54) is 4.88 Å². The lowest BCUT2D eigenvalue weighted by molar-refractivity contribution is 0.164. The van der Waals surface area contributed by atoms with Crippen molar-refractivity contribution in [2.75, 3.05) is 6.54 Å². The maximum absolute atomic E-state index is 9.37. The zero-order valence-corrected chi connectivity index (χ0v) is 10.0. The van der Waals surface area contributed by atoms with E-state index >= 15 is 0 Å². The second-order valence-electron chi connectivity index (χ2n) is 3.33. The fourth-order valence-electron chi connectivity index (χ4n) is 1.12. The first-order valence-corrected chi connectivity index (χ1v) is 5.99. The molecule has 0 radical (unpaired) electrons. The Bertz CT molecular complexity index is 277. The zero-order chi connectivity index (χ0) is 10.6. The summed E-state index contributed by atoms with van der Waals surface area (Å²) in [5, 5.41) is 12.6. The molecule has 0 spiro atoms. The van der Waals surface area contributed by atoms with Gasteiger partial charge in [-0.15, -0.1) is 11.3 Å². The van der Waals surface area contributed by atoms with Gasteiger partial charge in [0.25, 0.3) is 0 Å². The van der Waals surface area contributed by atoms with Gasteiger partial charge in [0, 0.05) is 17.5 Å². The maximum atomic E-state index is 9.37. The summed E-state index contributed by atoms with van der Waals surface area (Å²) in [5.41, 5.74) is 0. The fraction of sp³-hybridized carbons (Fsp3) is 0.600. The second-order valence-corrected chi connectivity index (χ2v) is 5.08. The molecule has 2 N–H and O–H groups in total. The molecule has 14 heavy (non-hydrogen) atoms. The van der Waals surface area contributed by atoms with Crippen molar-refractivity contribution in [3.05, 3.63) is 21.3 Å². The van der Waals surface area contributed by atoms with Gasteiger partial charge in [-0.05, 0) is 25.5 Å². The van der Waals surface area contributed by atoms with Gasteiger partial charge >= 0.3 is 0 Å². The number of thiophene rings is 1. The van der Waals surface area contributed by atoms with Crippen LogP contribution in [0.5, 0.6) is 0 Å². The van der Waals surface area contributed by atoms with E-state index in [4.69, 9.17) is 11.6 Å². The van der Waals surface area contributed by atoms with E-state index < -0.39 is 0 Å². The molecule has 80 valence electrons. The van der Waals surface area contributed by atoms with Crippen molar-refractivity contribution in [2.45, 2.75) is 32.4 Å². The van der Waals surface area contributed by atoms with Crippen molar-refractivity contribution >= 4 is 22.9 Å². The molecule has 1 rings (SSSR count). The number of aliphatic hydroxyl groups excluding tert-OH is 1. The van der Waals surface area contributed by atoms with Crippen molar-refractivity contribution in [3.8, 4) is 0 Å². The van der Waals surface area contributed by atoms with E-state index in [2.05, 4.69) is 12.2 Å². The molecule has 1 aromatic heterocycles. The van der Waals surface area contributed by atoms with E-state index in [0.29, 0.717) is 6.54 Å². The van der Waals surface area contributed by atoms with Crippen LogP contribution in [0.2, 0.25) is 4.34 Å². The van der Waals surface area contributed by atoms with Crippen LogP contribution in [-0.2, 0) is 0 Å². The third-order valence-electron chi connectivity index (χ3n) is 2.15. The average Bonchev–Trinajstić information content (AvgIpc) is 2.60. The lowest BCUT2D eigenvalue weighted by Crippen LogP contribution is -2.28. The van der Waals surface area contributed by atoms with Crippen molar-refractivity contribution in [3.63, 3.8) is 0 Å². The van der Waals surface area contributed by atoms with E-state index in [-0.39, 0.29) is 12.1 Å². The Labute approximate surface area is 93.9 Å². The third-order valence-corrected chi connectivity index (χ3v) is 3.57. The van der Waals surface area contributed by atoms with Crippen LogP contribution in [0, 0.1) is 0 Å². The molecule has 0 saturated carbocycles. The monoisotopic (exact) mass is 233 g/mol. The maximum Gasteiger partial charge on any atom is 0.0931 e. The smallest absolute Gasteiger partial charge is 0.0931 e. The Kier molecular flexibility index (Phi) is 4.89. The molecule has 0 bridgehead atoms. The van der Waals surface area contributed by atoms with E-state index in [1.54, 1.807) is 11.3 Å². The lowest BCUT2D eigenvalue weighted by atomic mass is 10.2. The van der Waals surface area contributed by atoms with Gasteiger partial charge in [-0.25, -0.2) is 0 Å². The first-order valence-electron chi connectivity index (χ1n) is 4.80.